The Labute approximate surface area is 206 Å². The third-order valence-electron chi connectivity index (χ3n) is 5.86. The second-order valence-electron chi connectivity index (χ2n) is 8.32. The highest BCUT2D eigenvalue weighted by Crippen LogP contribution is 2.22. The lowest BCUT2D eigenvalue weighted by Crippen LogP contribution is -2.44. The zero-order valence-electron chi connectivity index (χ0n) is 19.2. The van der Waals surface area contributed by atoms with Crippen LogP contribution in [-0.4, -0.2) is 84.3 Å². The van der Waals surface area contributed by atoms with Gasteiger partial charge in [-0.05, 0) is 31.1 Å². The van der Waals surface area contributed by atoms with E-state index >= 15 is 0 Å². The number of hydrogen-bond acceptors (Lipinski definition) is 8. The molecule has 1 amide bonds. The molecule has 2 aliphatic heterocycles. The number of carbonyl (C=O) groups excluding carboxylic acids is 1. The van der Waals surface area contributed by atoms with Crippen LogP contribution < -0.4 is 15.4 Å². The lowest BCUT2D eigenvalue weighted by atomic mass is 10.1. The molecule has 190 valence electrons. The van der Waals surface area contributed by atoms with Gasteiger partial charge in [0.05, 0.1) is 19.4 Å². The fraction of sp³-hybridized carbons (Fsp3) is 0.480. The highest BCUT2D eigenvalue weighted by Gasteiger charge is 2.23. The van der Waals surface area contributed by atoms with Crippen LogP contribution in [0.15, 0.2) is 43.1 Å². The smallest absolute Gasteiger partial charge is 0.246 e. The van der Waals surface area contributed by atoms with E-state index in [1.807, 2.05) is 24.3 Å². The molecule has 2 aromatic rings. The van der Waals surface area contributed by atoms with Crippen LogP contribution in [0.3, 0.4) is 0 Å². The average Bonchev–Trinajstić information content (AvgIpc) is 2.87. The van der Waals surface area contributed by atoms with Crippen LogP contribution in [0.2, 0.25) is 0 Å². The van der Waals surface area contributed by atoms with Crippen molar-refractivity contribution in [3.63, 3.8) is 0 Å². The number of amides is 1. The highest BCUT2D eigenvalue weighted by molar-refractivity contribution is 5.87. The topological polar surface area (TPSA) is 91.9 Å². The monoisotopic (exact) mass is 486 g/mol. The molecule has 2 saturated heterocycles. The Kier molecular flexibility index (Phi) is 9.80. The van der Waals surface area contributed by atoms with Gasteiger partial charge in [0.25, 0.3) is 0 Å². The number of hydrogen-bond donors (Lipinski definition) is 2. The van der Waals surface area contributed by atoms with Crippen LogP contribution in [0.1, 0.15) is 20.3 Å². The number of morpholine rings is 1. The molecule has 4 rings (SSSR count). The SMILES string of the molecule is C.C=CC(=O)N1CCC[C@@H](Nc2nc(Nc3cccc(OCCN4CCOCC4)c3)ncc2F)C1. The Hall–Kier alpha value is -3.24. The van der Waals surface area contributed by atoms with Gasteiger partial charge < -0.3 is 25.0 Å². The van der Waals surface area contributed by atoms with E-state index < -0.39 is 5.82 Å². The first-order valence-corrected chi connectivity index (χ1v) is 11.6. The molecule has 1 aromatic carbocycles. The van der Waals surface area contributed by atoms with Crippen molar-refractivity contribution in [3.8, 4) is 5.75 Å². The van der Waals surface area contributed by atoms with Crippen molar-refractivity contribution in [2.24, 2.45) is 0 Å². The molecule has 0 bridgehead atoms. The molecular weight excluding hydrogens is 451 g/mol. The van der Waals surface area contributed by atoms with Gasteiger partial charge in [-0.2, -0.15) is 4.98 Å². The normalized spacial score (nSPS) is 18.3. The summed E-state index contributed by atoms with van der Waals surface area (Å²) in [4.78, 5) is 24.3. The van der Waals surface area contributed by atoms with Crippen molar-refractivity contribution in [1.82, 2.24) is 19.8 Å². The Morgan fingerprint density at radius 2 is 2.14 bits per heavy atom. The number of nitrogens with zero attached hydrogens (tertiary/aromatic N) is 4. The first-order valence-electron chi connectivity index (χ1n) is 11.6. The number of carbonyl (C=O) groups is 1. The molecule has 2 fully saturated rings. The van der Waals surface area contributed by atoms with Gasteiger partial charge in [0.1, 0.15) is 12.4 Å². The van der Waals surface area contributed by atoms with Crippen molar-refractivity contribution in [2.75, 3.05) is 63.2 Å². The molecule has 0 saturated carbocycles. The minimum Gasteiger partial charge on any atom is -0.492 e. The summed E-state index contributed by atoms with van der Waals surface area (Å²) in [5.74, 6) is 0.437. The van der Waals surface area contributed by atoms with Crippen LogP contribution in [0.4, 0.5) is 21.8 Å². The molecule has 10 heteroatoms. The van der Waals surface area contributed by atoms with Crippen molar-refractivity contribution < 1.29 is 18.7 Å². The van der Waals surface area contributed by atoms with Gasteiger partial charge in [0, 0.05) is 50.5 Å². The van der Waals surface area contributed by atoms with Gasteiger partial charge >= 0.3 is 0 Å². The van der Waals surface area contributed by atoms with Crippen LogP contribution in [-0.2, 0) is 9.53 Å². The number of anilines is 3. The molecule has 0 aliphatic carbocycles. The van der Waals surface area contributed by atoms with Gasteiger partial charge in [0.2, 0.25) is 11.9 Å². The number of aromatic nitrogens is 2. The van der Waals surface area contributed by atoms with Gasteiger partial charge in [-0.3, -0.25) is 9.69 Å². The maximum absolute atomic E-state index is 14.4. The molecule has 35 heavy (non-hydrogen) atoms. The second kappa shape index (κ2) is 13.0. The Balaban J connectivity index is 0.00000342. The van der Waals surface area contributed by atoms with Crippen LogP contribution in [0.5, 0.6) is 5.75 Å². The summed E-state index contributed by atoms with van der Waals surface area (Å²) in [5.41, 5.74) is 0.738. The molecule has 9 nitrogen and oxygen atoms in total. The molecule has 1 atom stereocenters. The van der Waals surface area contributed by atoms with E-state index in [-0.39, 0.29) is 31.1 Å². The summed E-state index contributed by atoms with van der Waals surface area (Å²) in [6.07, 6.45) is 4.08. The van der Waals surface area contributed by atoms with Gasteiger partial charge in [0.15, 0.2) is 11.6 Å². The summed E-state index contributed by atoms with van der Waals surface area (Å²) < 4.78 is 25.7. The van der Waals surface area contributed by atoms with Crippen LogP contribution >= 0.6 is 0 Å². The molecule has 3 heterocycles. The number of nitrogens with one attached hydrogen (secondary N) is 2. The highest BCUT2D eigenvalue weighted by atomic mass is 19.1. The van der Waals surface area contributed by atoms with Gasteiger partial charge in [-0.25, -0.2) is 9.37 Å². The fourth-order valence-electron chi connectivity index (χ4n) is 4.06. The van der Waals surface area contributed by atoms with E-state index in [1.54, 1.807) is 4.90 Å². The largest absolute Gasteiger partial charge is 0.492 e. The summed E-state index contributed by atoms with van der Waals surface area (Å²) >= 11 is 0. The standard InChI is InChI=1S/C24H31FN6O3.CH4/c1-2-22(32)31-8-4-6-19(17-31)27-23-21(25)16-26-24(29-23)28-18-5-3-7-20(15-18)34-14-11-30-9-12-33-13-10-30;/h2-3,5,7,15-16,19H,1,4,6,8-14,17H2,(H2,26,27,28,29);1H4/t19-;/m1./s1. The number of piperidine rings is 1. The van der Waals surface area contributed by atoms with E-state index in [0.717, 1.165) is 63.3 Å². The Morgan fingerprint density at radius 3 is 2.94 bits per heavy atom. The Morgan fingerprint density at radius 1 is 1.31 bits per heavy atom. The molecule has 2 N–H and O–H groups in total. The number of rotatable bonds is 9. The summed E-state index contributed by atoms with van der Waals surface area (Å²) in [6, 6.07) is 7.40. The predicted molar refractivity (Wildman–Crippen MR) is 135 cm³/mol. The molecule has 2 aliphatic rings. The maximum Gasteiger partial charge on any atom is 0.246 e. The quantitative estimate of drug-likeness (QED) is 0.522. The van der Waals surface area contributed by atoms with E-state index in [2.05, 4.69) is 32.1 Å². The zero-order chi connectivity index (χ0) is 23.8. The first kappa shape index (κ1) is 26.4. The van der Waals surface area contributed by atoms with Crippen molar-refractivity contribution >= 4 is 23.4 Å². The van der Waals surface area contributed by atoms with Crippen molar-refractivity contribution in [1.29, 1.82) is 0 Å². The number of ether oxygens (including phenoxy) is 2. The third kappa shape index (κ3) is 7.63. The molecular formula is C25H35FN6O3. The summed E-state index contributed by atoms with van der Waals surface area (Å²) in [7, 11) is 0. The van der Waals surface area contributed by atoms with E-state index in [9.17, 15) is 9.18 Å². The van der Waals surface area contributed by atoms with Crippen LogP contribution in [0, 0.1) is 5.82 Å². The molecule has 1 aromatic heterocycles. The van der Waals surface area contributed by atoms with Gasteiger partial charge in [-0.1, -0.05) is 20.1 Å². The second-order valence-corrected chi connectivity index (χ2v) is 8.32. The average molecular weight is 487 g/mol. The van der Waals surface area contributed by atoms with Crippen molar-refractivity contribution in [3.05, 3.63) is 48.9 Å². The lowest BCUT2D eigenvalue weighted by Gasteiger charge is -2.32. The fourth-order valence-corrected chi connectivity index (χ4v) is 4.06. The molecule has 0 spiro atoms. The number of halogens is 1. The van der Waals surface area contributed by atoms with E-state index in [0.29, 0.717) is 19.7 Å². The predicted octanol–water partition coefficient (Wildman–Crippen LogP) is 3.30. The lowest BCUT2D eigenvalue weighted by molar-refractivity contribution is -0.127. The Bertz CT molecular complexity index is 985. The van der Waals surface area contributed by atoms with Gasteiger partial charge in [-0.15, -0.1) is 0 Å². The molecule has 0 unspecified atom stereocenters. The van der Waals surface area contributed by atoms with Crippen molar-refractivity contribution in [2.45, 2.75) is 26.3 Å². The minimum atomic E-state index is -0.544. The number of likely N-dealkylation sites (tertiary alicyclic amines) is 1. The van der Waals surface area contributed by atoms with E-state index in [4.69, 9.17) is 9.47 Å². The third-order valence-corrected chi connectivity index (χ3v) is 5.86. The summed E-state index contributed by atoms with van der Waals surface area (Å²) in [5, 5.41) is 6.23. The molecule has 0 radical (unpaired) electrons. The minimum absolute atomic E-state index is 0. The van der Waals surface area contributed by atoms with E-state index in [1.165, 1.54) is 6.08 Å². The zero-order valence-corrected chi connectivity index (χ0v) is 19.2. The maximum atomic E-state index is 14.4. The number of benzene rings is 1. The first-order chi connectivity index (χ1) is 16.6. The summed E-state index contributed by atoms with van der Waals surface area (Å²) in [6.45, 7) is 9.48. The van der Waals surface area contributed by atoms with Crippen LogP contribution in [0.25, 0.3) is 0 Å².